The van der Waals surface area contributed by atoms with Gasteiger partial charge in [0.1, 0.15) is 11.5 Å². The summed E-state index contributed by atoms with van der Waals surface area (Å²) in [5.41, 5.74) is -0.308. The minimum Gasteiger partial charge on any atom is -0.497 e. The topological polar surface area (TPSA) is 64.4 Å². The Morgan fingerprint density at radius 2 is 2.00 bits per heavy atom. The van der Waals surface area contributed by atoms with E-state index in [9.17, 15) is 18.0 Å². The van der Waals surface area contributed by atoms with Gasteiger partial charge < -0.3 is 9.15 Å². The third kappa shape index (κ3) is 4.56. The lowest BCUT2D eigenvalue weighted by atomic mass is 10.0. The standard InChI is InChI=1S/C18H13F3N2O3S/c1-25-12-6-4-11(5-7-12)14(9-13-3-2-8-26-13)16(24)23-17-22-15(10-27-17)18(19,20)21/h2-10H,1H3,(H,22,23,24)/b14-9+. The van der Waals surface area contributed by atoms with Crippen LogP contribution in [-0.4, -0.2) is 18.0 Å². The summed E-state index contributed by atoms with van der Waals surface area (Å²) in [7, 11) is 1.52. The summed E-state index contributed by atoms with van der Waals surface area (Å²) < 4.78 is 48.4. The summed E-state index contributed by atoms with van der Waals surface area (Å²) in [4.78, 5) is 16.1. The van der Waals surface area contributed by atoms with E-state index in [2.05, 4.69) is 10.3 Å². The Hall–Kier alpha value is -3.07. The molecule has 0 saturated carbocycles. The molecule has 0 aliphatic heterocycles. The van der Waals surface area contributed by atoms with Crippen molar-refractivity contribution in [2.24, 2.45) is 0 Å². The molecule has 0 bridgehead atoms. The van der Waals surface area contributed by atoms with Crippen molar-refractivity contribution in [1.29, 1.82) is 0 Å². The fourth-order valence-corrected chi connectivity index (χ4v) is 2.90. The minimum atomic E-state index is -4.57. The zero-order valence-corrected chi connectivity index (χ0v) is 14.7. The van der Waals surface area contributed by atoms with Crippen LogP contribution >= 0.6 is 11.3 Å². The van der Waals surface area contributed by atoms with Gasteiger partial charge in [0.25, 0.3) is 5.91 Å². The summed E-state index contributed by atoms with van der Waals surface area (Å²) in [6, 6.07) is 9.98. The van der Waals surface area contributed by atoms with Crippen LogP contribution in [0.5, 0.6) is 5.75 Å². The lowest BCUT2D eigenvalue weighted by Crippen LogP contribution is -2.14. The number of aromatic nitrogens is 1. The molecule has 0 radical (unpaired) electrons. The first kappa shape index (κ1) is 18.7. The quantitative estimate of drug-likeness (QED) is 0.623. The van der Waals surface area contributed by atoms with Crippen LogP contribution in [0.4, 0.5) is 18.3 Å². The SMILES string of the molecule is COc1ccc(/C(=C\c2ccco2)C(=O)Nc2nc(C(F)(F)F)cs2)cc1. The maximum absolute atomic E-state index is 12.7. The summed E-state index contributed by atoms with van der Waals surface area (Å²) in [6.45, 7) is 0. The number of rotatable bonds is 5. The molecule has 2 aromatic heterocycles. The van der Waals surface area contributed by atoms with Crippen molar-refractivity contribution >= 4 is 34.0 Å². The number of nitrogens with zero attached hydrogens (tertiary/aromatic N) is 1. The van der Waals surface area contributed by atoms with E-state index in [0.717, 1.165) is 5.38 Å². The summed E-state index contributed by atoms with van der Waals surface area (Å²) in [6.07, 6.45) is -1.62. The molecule has 0 aliphatic carbocycles. The zero-order chi connectivity index (χ0) is 19.4. The molecule has 2 heterocycles. The molecule has 0 atom stereocenters. The molecule has 1 amide bonds. The highest BCUT2D eigenvalue weighted by atomic mass is 32.1. The Balaban J connectivity index is 1.90. The zero-order valence-electron chi connectivity index (χ0n) is 13.9. The predicted octanol–water partition coefficient (Wildman–Crippen LogP) is 4.94. The number of anilines is 1. The molecule has 27 heavy (non-hydrogen) atoms. The van der Waals surface area contributed by atoms with Gasteiger partial charge in [-0.25, -0.2) is 4.98 Å². The first-order chi connectivity index (χ1) is 12.9. The average molecular weight is 394 g/mol. The Kier molecular flexibility index (Phi) is 5.31. The van der Waals surface area contributed by atoms with Crippen LogP contribution in [0.3, 0.4) is 0 Å². The largest absolute Gasteiger partial charge is 0.497 e. The van der Waals surface area contributed by atoms with Crippen LogP contribution < -0.4 is 10.1 Å². The highest BCUT2D eigenvalue weighted by Gasteiger charge is 2.34. The van der Waals surface area contributed by atoms with Gasteiger partial charge in [0.15, 0.2) is 10.8 Å². The van der Waals surface area contributed by atoms with E-state index in [-0.39, 0.29) is 10.7 Å². The summed E-state index contributed by atoms with van der Waals surface area (Å²) >= 11 is 0.698. The van der Waals surface area contributed by atoms with E-state index in [0.29, 0.717) is 28.4 Å². The van der Waals surface area contributed by atoms with Gasteiger partial charge in [-0.1, -0.05) is 12.1 Å². The van der Waals surface area contributed by atoms with E-state index in [4.69, 9.17) is 9.15 Å². The third-order valence-electron chi connectivity index (χ3n) is 3.49. The number of carbonyl (C=O) groups excluding carboxylic acids is 1. The van der Waals surface area contributed by atoms with Gasteiger partial charge in [-0.2, -0.15) is 13.2 Å². The summed E-state index contributed by atoms with van der Waals surface area (Å²) in [5, 5.41) is 3.10. The molecule has 1 aromatic carbocycles. The normalized spacial score (nSPS) is 12.1. The van der Waals surface area contributed by atoms with Gasteiger partial charge in [-0.05, 0) is 35.9 Å². The molecule has 9 heteroatoms. The van der Waals surface area contributed by atoms with Gasteiger partial charge >= 0.3 is 6.18 Å². The van der Waals surface area contributed by atoms with E-state index >= 15 is 0 Å². The number of alkyl halides is 3. The second-order valence-corrected chi connectivity index (χ2v) is 6.15. The maximum atomic E-state index is 12.7. The highest BCUT2D eigenvalue weighted by molar-refractivity contribution is 7.14. The van der Waals surface area contributed by atoms with Gasteiger partial charge in [0.05, 0.1) is 18.9 Å². The van der Waals surface area contributed by atoms with Gasteiger partial charge in [0.2, 0.25) is 0 Å². The molecular formula is C18H13F3N2O3S. The number of amides is 1. The third-order valence-corrected chi connectivity index (χ3v) is 4.25. The molecule has 140 valence electrons. The van der Waals surface area contributed by atoms with Crippen LogP contribution in [0.25, 0.3) is 11.6 Å². The Bertz CT molecular complexity index is 945. The molecule has 0 aliphatic rings. The minimum absolute atomic E-state index is 0.147. The fourth-order valence-electron chi connectivity index (χ4n) is 2.19. The lowest BCUT2D eigenvalue weighted by molar-refractivity contribution is -0.140. The van der Waals surface area contributed by atoms with E-state index < -0.39 is 17.8 Å². The number of methoxy groups -OCH3 is 1. The summed E-state index contributed by atoms with van der Waals surface area (Å²) in [5.74, 6) is 0.414. The Morgan fingerprint density at radius 1 is 1.26 bits per heavy atom. The molecule has 3 aromatic rings. The first-order valence-corrected chi connectivity index (χ1v) is 8.48. The number of nitrogens with one attached hydrogen (secondary N) is 1. The monoisotopic (exact) mass is 394 g/mol. The lowest BCUT2D eigenvalue weighted by Gasteiger charge is -2.08. The van der Waals surface area contributed by atoms with Crippen molar-refractivity contribution in [1.82, 2.24) is 4.98 Å². The number of hydrogen-bond acceptors (Lipinski definition) is 5. The van der Waals surface area contributed by atoms with Crippen LogP contribution in [0.2, 0.25) is 0 Å². The smallest absolute Gasteiger partial charge is 0.434 e. The number of furan rings is 1. The number of hydrogen-bond donors (Lipinski definition) is 1. The Morgan fingerprint density at radius 3 is 2.56 bits per heavy atom. The maximum Gasteiger partial charge on any atom is 0.434 e. The molecule has 1 N–H and O–H groups in total. The number of ether oxygens (including phenoxy) is 1. The van der Waals surface area contributed by atoms with E-state index in [1.54, 1.807) is 36.4 Å². The number of benzene rings is 1. The first-order valence-electron chi connectivity index (χ1n) is 7.60. The van der Waals surface area contributed by atoms with Crippen molar-refractivity contribution in [2.45, 2.75) is 6.18 Å². The molecule has 0 unspecified atom stereocenters. The van der Waals surface area contributed by atoms with Gasteiger partial charge in [-0.15, -0.1) is 11.3 Å². The number of carbonyl (C=O) groups is 1. The second-order valence-electron chi connectivity index (χ2n) is 5.29. The molecular weight excluding hydrogens is 381 g/mol. The van der Waals surface area contributed by atoms with Crippen LogP contribution in [0, 0.1) is 0 Å². The fraction of sp³-hybridized carbons (Fsp3) is 0.111. The number of thiazole rings is 1. The van der Waals surface area contributed by atoms with E-state index in [1.165, 1.54) is 19.4 Å². The molecule has 0 spiro atoms. The van der Waals surface area contributed by atoms with Crippen molar-refractivity contribution in [3.8, 4) is 5.75 Å². The molecule has 0 fully saturated rings. The highest BCUT2D eigenvalue weighted by Crippen LogP contribution is 2.32. The van der Waals surface area contributed by atoms with Gasteiger partial charge in [0, 0.05) is 5.38 Å². The molecule has 3 rings (SSSR count). The number of halogens is 3. The molecule has 0 saturated heterocycles. The molecule has 5 nitrogen and oxygen atoms in total. The van der Waals surface area contributed by atoms with Crippen LogP contribution in [-0.2, 0) is 11.0 Å². The van der Waals surface area contributed by atoms with E-state index in [1.807, 2.05) is 0 Å². The van der Waals surface area contributed by atoms with Crippen molar-refractivity contribution in [3.63, 3.8) is 0 Å². The Labute approximate surface area is 156 Å². The van der Waals surface area contributed by atoms with Crippen LogP contribution in [0.1, 0.15) is 17.0 Å². The van der Waals surface area contributed by atoms with Crippen molar-refractivity contribution in [2.75, 3.05) is 12.4 Å². The van der Waals surface area contributed by atoms with Gasteiger partial charge in [-0.3, -0.25) is 10.1 Å². The van der Waals surface area contributed by atoms with Crippen molar-refractivity contribution in [3.05, 3.63) is 65.1 Å². The average Bonchev–Trinajstić information content (AvgIpc) is 3.31. The van der Waals surface area contributed by atoms with Crippen LogP contribution in [0.15, 0.2) is 52.5 Å². The predicted molar refractivity (Wildman–Crippen MR) is 95.3 cm³/mol. The second kappa shape index (κ2) is 7.67. The van der Waals surface area contributed by atoms with Crippen molar-refractivity contribution < 1.29 is 27.1 Å².